The largest absolute Gasteiger partial charge is 0.480 e. The summed E-state index contributed by atoms with van der Waals surface area (Å²) in [6, 6.07) is -1.72. The Labute approximate surface area is 105 Å². The number of hydrogen-bond acceptors (Lipinski definition) is 3. The van der Waals surface area contributed by atoms with E-state index in [0.717, 1.165) is 19.3 Å². The van der Waals surface area contributed by atoms with E-state index in [0.29, 0.717) is 5.92 Å². The predicted octanol–water partition coefficient (Wildman–Crippen LogP) is -0.197. The van der Waals surface area contributed by atoms with Crippen molar-refractivity contribution < 1.29 is 19.5 Å². The fourth-order valence-corrected chi connectivity index (χ4v) is 1.88. The fraction of sp³-hybridized carbons (Fsp3) is 0.727. The molecule has 0 aromatic carbocycles. The van der Waals surface area contributed by atoms with Crippen LogP contribution in [0, 0.1) is 5.92 Å². The van der Waals surface area contributed by atoms with E-state index in [-0.39, 0.29) is 6.04 Å². The number of hydrogen-bond donors (Lipinski definition) is 4. The first-order valence-corrected chi connectivity index (χ1v) is 6.02. The maximum atomic E-state index is 11.5. The summed E-state index contributed by atoms with van der Waals surface area (Å²) in [6.07, 6.45) is 2.62. The van der Waals surface area contributed by atoms with E-state index in [1.165, 1.54) is 0 Å². The molecule has 0 spiro atoms. The van der Waals surface area contributed by atoms with Crippen LogP contribution in [0.4, 0.5) is 4.79 Å². The Kier molecular flexibility index (Phi) is 4.94. The lowest BCUT2D eigenvalue weighted by Crippen LogP contribution is -2.48. The summed E-state index contributed by atoms with van der Waals surface area (Å²) < 4.78 is 0. The van der Waals surface area contributed by atoms with Gasteiger partial charge in [0.15, 0.2) is 0 Å². The lowest BCUT2D eigenvalue weighted by molar-refractivity contribution is -0.140. The lowest BCUT2D eigenvalue weighted by Gasteiger charge is -2.13. The molecule has 7 nitrogen and oxygen atoms in total. The van der Waals surface area contributed by atoms with Crippen molar-refractivity contribution in [3.63, 3.8) is 0 Å². The van der Waals surface area contributed by atoms with Crippen LogP contribution in [0.2, 0.25) is 0 Å². The molecule has 0 aromatic rings. The molecular weight excluding hydrogens is 238 g/mol. The minimum atomic E-state index is -1.27. The number of carboxylic acids is 1. The molecule has 3 amide bonds. The number of carbonyl (C=O) groups excluding carboxylic acids is 2. The van der Waals surface area contributed by atoms with Crippen LogP contribution in [0.25, 0.3) is 0 Å². The normalized spacial score (nSPS) is 22.9. The Hall–Kier alpha value is -1.79. The third-order valence-corrected chi connectivity index (χ3v) is 2.91. The molecule has 3 atom stereocenters. The van der Waals surface area contributed by atoms with Crippen LogP contribution in [-0.2, 0) is 9.59 Å². The number of carboxylic acid groups (broad SMARTS) is 1. The summed E-state index contributed by atoms with van der Waals surface area (Å²) >= 11 is 0. The Bertz CT molecular complexity index is 345. The number of amides is 3. The second-order valence-corrected chi connectivity index (χ2v) is 4.57. The van der Waals surface area contributed by atoms with Gasteiger partial charge in [-0.05, 0) is 18.8 Å². The average molecular weight is 257 g/mol. The number of aliphatic carboxylic acids is 1. The topological polar surface area (TPSA) is 122 Å². The molecule has 1 fully saturated rings. The van der Waals surface area contributed by atoms with Crippen LogP contribution in [0.3, 0.4) is 0 Å². The van der Waals surface area contributed by atoms with E-state index in [1.54, 1.807) is 0 Å². The van der Waals surface area contributed by atoms with Gasteiger partial charge in [0.05, 0.1) is 6.42 Å². The van der Waals surface area contributed by atoms with E-state index in [2.05, 4.69) is 17.6 Å². The van der Waals surface area contributed by atoms with Gasteiger partial charge in [0.25, 0.3) is 0 Å². The maximum absolute atomic E-state index is 11.5. The first kappa shape index (κ1) is 14.3. The number of rotatable bonds is 7. The number of nitrogens with one attached hydrogen (secondary N) is 2. The first-order valence-electron chi connectivity index (χ1n) is 6.02. The van der Waals surface area contributed by atoms with Gasteiger partial charge in [-0.2, -0.15) is 0 Å². The third kappa shape index (κ3) is 4.60. The Morgan fingerprint density at radius 1 is 1.44 bits per heavy atom. The first-order chi connectivity index (χ1) is 8.43. The summed E-state index contributed by atoms with van der Waals surface area (Å²) in [5, 5.41) is 13.7. The van der Waals surface area contributed by atoms with Crippen molar-refractivity contribution in [1.29, 1.82) is 0 Å². The Balaban J connectivity index is 2.33. The smallest absolute Gasteiger partial charge is 0.326 e. The molecule has 0 aromatic heterocycles. The van der Waals surface area contributed by atoms with Crippen molar-refractivity contribution in [2.24, 2.45) is 11.7 Å². The van der Waals surface area contributed by atoms with Crippen molar-refractivity contribution >= 4 is 17.9 Å². The van der Waals surface area contributed by atoms with Gasteiger partial charge in [-0.1, -0.05) is 13.3 Å². The van der Waals surface area contributed by atoms with Gasteiger partial charge < -0.3 is 21.5 Å². The molecule has 1 aliphatic rings. The molecule has 18 heavy (non-hydrogen) atoms. The van der Waals surface area contributed by atoms with Crippen LogP contribution >= 0.6 is 0 Å². The predicted molar refractivity (Wildman–Crippen MR) is 63.7 cm³/mol. The minimum Gasteiger partial charge on any atom is -0.480 e. The molecule has 0 saturated heterocycles. The van der Waals surface area contributed by atoms with E-state index >= 15 is 0 Å². The summed E-state index contributed by atoms with van der Waals surface area (Å²) in [4.78, 5) is 32.9. The molecule has 0 bridgehead atoms. The van der Waals surface area contributed by atoms with Crippen LogP contribution in [0.15, 0.2) is 0 Å². The van der Waals surface area contributed by atoms with Crippen molar-refractivity contribution in [2.45, 2.75) is 44.7 Å². The van der Waals surface area contributed by atoms with Crippen LogP contribution < -0.4 is 16.4 Å². The quantitative estimate of drug-likeness (QED) is 0.504. The van der Waals surface area contributed by atoms with Crippen molar-refractivity contribution in [3.05, 3.63) is 0 Å². The second kappa shape index (κ2) is 6.23. The second-order valence-electron chi connectivity index (χ2n) is 4.57. The number of primary amides is 1. The zero-order valence-corrected chi connectivity index (χ0v) is 10.3. The molecule has 0 radical (unpaired) electrons. The van der Waals surface area contributed by atoms with Gasteiger partial charge in [0, 0.05) is 6.04 Å². The molecule has 0 aliphatic heterocycles. The molecule has 1 rings (SSSR count). The van der Waals surface area contributed by atoms with E-state index < -0.39 is 30.4 Å². The summed E-state index contributed by atoms with van der Waals surface area (Å²) in [5.74, 6) is -1.55. The van der Waals surface area contributed by atoms with Gasteiger partial charge in [0.1, 0.15) is 6.04 Å². The molecule has 0 heterocycles. The van der Waals surface area contributed by atoms with Gasteiger partial charge in [-0.15, -0.1) is 0 Å². The molecule has 1 aliphatic carbocycles. The number of carbonyl (C=O) groups is 3. The van der Waals surface area contributed by atoms with E-state index in [9.17, 15) is 14.4 Å². The molecule has 102 valence electrons. The standard InChI is InChI=1S/C11H19N3O4/c1-2-3-6-4-7(6)13-11(18)14-8(10(16)17)5-9(12)15/h6-8H,2-5H2,1H3,(H2,12,15)(H,16,17)(H2,13,14,18)/t6?,7?,8-/m0/s1. The van der Waals surface area contributed by atoms with Gasteiger partial charge in [0.2, 0.25) is 5.91 Å². The highest BCUT2D eigenvalue weighted by Crippen LogP contribution is 2.34. The third-order valence-electron chi connectivity index (χ3n) is 2.91. The highest BCUT2D eigenvalue weighted by molar-refractivity contribution is 5.87. The zero-order valence-electron chi connectivity index (χ0n) is 10.3. The number of urea groups is 1. The molecule has 1 saturated carbocycles. The van der Waals surface area contributed by atoms with Crippen molar-refractivity contribution in [1.82, 2.24) is 10.6 Å². The summed E-state index contributed by atoms with van der Waals surface area (Å²) in [6.45, 7) is 2.07. The van der Waals surface area contributed by atoms with Crippen LogP contribution in [0.5, 0.6) is 0 Å². The zero-order chi connectivity index (χ0) is 13.7. The summed E-state index contributed by atoms with van der Waals surface area (Å²) in [5.41, 5.74) is 4.91. The van der Waals surface area contributed by atoms with E-state index in [1.807, 2.05) is 0 Å². The van der Waals surface area contributed by atoms with Crippen molar-refractivity contribution in [2.75, 3.05) is 0 Å². The molecule has 2 unspecified atom stereocenters. The number of nitrogens with two attached hydrogens (primary N) is 1. The molecule has 7 heteroatoms. The molecular formula is C11H19N3O4. The Morgan fingerprint density at radius 2 is 2.11 bits per heavy atom. The van der Waals surface area contributed by atoms with Crippen LogP contribution in [-0.4, -0.2) is 35.1 Å². The van der Waals surface area contributed by atoms with Crippen molar-refractivity contribution in [3.8, 4) is 0 Å². The van der Waals surface area contributed by atoms with Crippen LogP contribution in [0.1, 0.15) is 32.6 Å². The monoisotopic (exact) mass is 257 g/mol. The SMILES string of the molecule is CCCC1CC1NC(=O)N[C@@H](CC(N)=O)C(=O)O. The van der Waals surface area contributed by atoms with Gasteiger partial charge in [-0.25, -0.2) is 9.59 Å². The summed E-state index contributed by atoms with van der Waals surface area (Å²) in [7, 11) is 0. The lowest BCUT2D eigenvalue weighted by atomic mass is 10.2. The molecule has 5 N–H and O–H groups in total. The van der Waals surface area contributed by atoms with E-state index in [4.69, 9.17) is 10.8 Å². The average Bonchev–Trinajstić information content (AvgIpc) is 2.95. The maximum Gasteiger partial charge on any atom is 0.326 e. The minimum absolute atomic E-state index is 0.118. The Morgan fingerprint density at radius 3 is 2.61 bits per heavy atom. The van der Waals surface area contributed by atoms with Gasteiger partial charge in [-0.3, -0.25) is 4.79 Å². The fourth-order valence-electron chi connectivity index (χ4n) is 1.88. The highest BCUT2D eigenvalue weighted by atomic mass is 16.4. The highest BCUT2D eigenvalue weighted by Gasteiger charge is 2.37. The van der Waals surface area contributed by atoms with Gasteiger partial charge >= 0.3 is 12.0 Å².